The molecular weight excluding hydrogens is 342 g/mol. The molecule has 0 radical (unpaired) electrons. The highest BCUT2D eigenvalue weighted by Crippen LogP contribution is 2.33. The number of carbonyl (C=O) groups is 2. The lowest BCUT2D eigenvalue weighted by molar-refractivity contribution is -0.160. The van der Waals surface area contributed by atoms with Crippen molar-refractivity contribution < 1.29 is 23.1 Å². The molecule has 0 aromatic heterocycles. The molecule has 0 heterocycles. The third kappa shape index (κ3) is 4.03. The number of amides is 1. The second-order valence-corrected chi connectivity index (χ2v) is 8.86. The fraction of sp³-hybridized carbons (Fsp3) is 0.556. The summed E-state index contributed by atoms with van der Waals surface area (Å²) in [4.78, 5) is 26.0. The van der Waals surface area contributed by atoms with Gasteiger partial charge in [-0.25, -0.2) is 13.2 Å². The Balaban J connectivity index is 2.21. The van der Waals surface area contributed by atoms with Gasteiger partial charge in [0.1, 0.15) is 5.54 Å². The fourth-order valence-electron chi connectivity index (χ4n) is 3.38. The number of rotatable bonds is 6. The number of carboxylic acids is 1. The summed E-state index contributed by atoms with van der Waals surface area (Å²) < 4.78 is 24.0. The summed E-state index contributed by atoms with van der Waals surface area (Å²) in [7, 11) is -1.81. The van der Waals surface area contributed by atoms with Gasteiger partial charge in [0.15, 0.2) is 9.84 Å². The first-order valence-corrected chi connectivity index (χ1v) is 10.2. The van der Waals surface area contributed by atoms with Gasteiger partial charge in [-0.2, -0.15) is 0 Å². The third-order valence-electron chi connectivity index (χ3n) is 5.09. The summed E-state index contributed by atoms with van der Waals surface area (Å²) in [6, 6.07) is 6.31. The van der Waals surface area contributed by atoms with Crippen LogP contribution >= 0.6 is 0 Å². The van der Waals surface area contributed by atoms with Gasteiger partial charge in [-0.05, 0) is 30.5 Å². The van der Waals surface area contributed by atoms with Crippen LogP contribution in [0.25, 0.3) is 0 Å². The van der Waals surface area contributed by atoms with Gasteiger partial charge in [-0.3, -0.25) is 4.79 Å². The number of benzene rings is 1. The van der Waals surface area contributed by atoms with Crippen molar-refractivity contribution in [2.75, 3.05) is 12.8 Å². The molecule has 1 aromatic carbocycles. The minimum Gasteiger partial charge on any atom is -0.479 e. The first-order valence-electron chi connectivity index (χ1n) is 8.55. The minimum atomic E-state index is -3.34. The lowest BCUT2D eigenvalue weighted by atomic mass is 9.80. The average molecular weight is 367 g/mol. The van der Waals surface area contributed by atoms with Gasteiger partial charge in [0.2, 0.25) is 5.91 Å². The van der Waals surface area contributed by atoms with Crippen LogP contribution in [-0.4, -0.2) is 48.6 Å². The Labute approximate surface area is 148 Å². The van der Waals surface area contributed by atoms with Crippen molar-refractivity contribution in [3.05, 3.63) is 29.8 Å². The number of carboxylic acid groups (broad SMARTS) is 1. The van der Waals surface area contributed by atoms with Crippen molar-refractivity contribution in [3.8, 4) is 0 Å². The number of carbonyl (C=O) groups excluding carboxylic acids is 1. The van der Waals surface area contributed by atoms with Crippen LogP contribution in [0, 0.1) is 0 Å². The molecule has 0 spiro atoms. The minimum absolute atomic E-state index is 0.00751. The zero-order valence-electron chi connectivity index (χ0n) is 14.7. The molecule has 6 nitrogen and oxygen atoms in total. The molecule has 2 rings (SSSR count). The third-order valence-corrected chi connectivity index (χ3v) is 6.82. The van der Waals surface area contributed by atoms with Crippen molar-refractivity contribution in [1.29, 1.82) is 0 Å². The van der Waals surface area contributed by atoms with Crippen LogP contribution in [0.3, 0.4) is 0 Å². The normalized spacial score (nSPS) is 17.0. The van der Waals surface area contributed by atoms with E-state index in [0.717, 1.165) is 19.3 Å². The van der Waals surface area contributed by atoms with Crippen molar-refractivity contribution in [1.82, 2.24) is 4.90 Å². The van der Waals surface area contributed by atoms with Crippen LogP contribution in [0.1, 0.15) is 44.6 Å². The van der Waals surface area contributed by atoms with E-state index in [1.54, 1.807) is 19.1 Å². The number of hydrogen-bond acceptors (Lipinski definition) is 4. The molecule has 138 valence electrons. The van der Waals surface area contributed by atoms with E-state index in [2.05, 4.69) is 0 Å². The highest BCUT2D eigenvalue weighted by atomic mass is 32.2. The van der Waals surface area contributed by atoms with Crippen molar-refractivity contribution in [2.45, 2.75) is 55.9 Å². The zero-order valence-corrected chi connectivity index (χ0v) is 15.5. The molecule has 1 amide bonds. The van der Waals surface area contributed by atoms with E-state index in [4.69, 9.17) is 0 Å². The Morgan fingerprint density at radius 2 is 1.84 bits per heavy atom. The molecule has 0 bridgehead atoms. The number of sulfone groups is 1. The molecule has 0 atom stereocenters. The van der Waals surface area contributed by atoms with Crippen LogP contribution in [0.15, 0.2) is 29.2 Å². The lowest BCUT2D eigenvalue weighted by Crippen LogP contribution is -2.56. The Bertz CT molecular complexity index is 750. The predicted molar refractivity (Wildman–Crippen MR) is 94.1 cm³/mol. The first-order chi connectivity index (χ1) is 11.7. The second-order valence-electron chi connectivity index (χ2n) is 6.58. The van der Waals surface area contributed by atoms with Crippen LogP contribution < -0.4 is 0 Å². The lowest BCUT2D eigenvalue weighted by Gasteiger charge is -2.41. The van der Waals surface area contributed by atoms with Gasteiger partial charge >= 0.3 is 5.97 Å². The highest BCUT2D eigenvalue weighted by Gasteiger charge is 2.45. The average Bonchev–Trinajstić information content (AvgIpc) is 2.61. The van der Waals surface area contributed by atoms with Gasteiger partial charge in [0.25, 0.3) is 0 Å². The molecule has 1 N–H and O–H groups in total. The Hall–Kier alpha value is -1.89. The van der Waals surface area contributed by atoms with Crippen LogP contribution in [0.4, 0.5) is 0 Å². The summed E-state index contributed by atoms with van der Waals surface area (Å²) in [5, 5.41) is 9.68. The Kier molecular flexibility index (Phi) is 5.87. The van der Waals surface area contributed by atoms with E-state index in [1.807, 2.05) is 0 Å². The first kappa shape index (κ1) is 19.4. The maximum absolute atomic E-state index is 12.7. The summed E-state index contributed by atoms with van der Waals surface area (Å²) in [6.07, 6.45) is 3.44. The quantitative estimate of drug-likeness (QED) is 0.833. The second kappa shape index (κ2) is 7.56. The zero-order chi connectivity index (χ0) is 18.7. The van der Waals surface area contributed by atoms with E-state index >= 15 is 0 Å². The largest absolute Gasteiger partial charge is 0.479 e. The van der Waals surface area contributed by atoms with Crippen molar-refractivity contribution in [3.63, 3.8) is 0 Å². The van der Waals surface area contributed by atoms with Crippen molar-refractivity contribution in [2.24, 2.45) is 0 Å². The number of likely N-dealkylation sites (N-methyl/N-ethyl adjacent to an activating group) is 1. The van der Waals surface area contributed by atoms with E-state index < -0.39 is 21.3 Å². The van der Waals surface area contributed by atoms with Gasteiger partial charge in [-0.1, -0.05) is 38.3 Å². The molecule has 1 aliphatic rings. The smallest absolute Gasteiger partial charge is 0.329 e. The molecule has 1 saturated carbocycles. The van der Waals surface area contributed by atoms with E-state index in [0.29, 0.717) is 18.4 Å². The molecule has 0 aliphatic heterocycles. The number of hydrogen-bond donors (Lipinski definition) is 1. The molecule has 0 unspecified atom stereocenters. The van der Waals surface area contributed by atoms with Crippen LogP contribution in [0.2, 0.25) is 0 Å². The fourth-order valence-corrected chi connectivity index (χ4v) is 4.33. The SMILES string of the molecule is CCS(=O)(=O)c1cccc(CC(=O)N(C)C2(C(=O)O)CCCCC2)c1. The summed E-state index contributed by atoms with van der Waals surface area (Å²) in [5.74, 6) is -1.28. The summed E-state index contributed by atoms with van der Waals surface area (Å²) >= 11 is 0. The summed E-state index contributed by atoms with van der Waals surface area (Å²) in [6.45, 7) is 1.57. The number of aliphatic carboxylic acids is 1. The Morgan fingerprint density at radius 1 is 1.20 bits per heavy atom. The highest BCUT2D eigenvalue weighted by molar-refractivity contribution is 7.91. The standard InChI is InChI=1S/C18H25NO5S/c1-3-25(23,24)15-9-7-8-14(12-15)13-16(20)19(2)18(17(21)22)10-5-4-6-11-18/h7-9,12H,3-6,10-11,13H2,1-2H3,(H,21,22). The maximum Gasteiger partial charge on any atom is 0.329 e. The number of nitrogens with zero attached hydrogens (tertiary/aromatic N) is 1. The monoisotopic (exact) mass is 367 g/mol. The van der Waals surface area contributed by atoms with Gasteiger partial charge < -0.3 is 10.0 Å². The molecule has 0 saturated heterocycles. The van der Waals surface area contributed by atoms with E-state index in [9.17, 15) is 23.1 Å². The molecular formula is C18H25NO5S. The Morgan fingerprint density at radius 3 is 2.40 bits per heavy atom. The molecule has 1 aromatic rings. The molecule has 1 fully saturated rings. The van der Waals surface area contributed by atoms with Crippen LogP contribution in [0.5, 0.6) is 0 Å². The molecule has 1 aliphatic carbocycles. The predicted octanol–water partition coefficient (Wildman–Crippen LogP) is 2.27. The van der Waals surface area contributed by atoms with Gasteiger partial charge in [0.05, 0.1) is 17.1 Å². The van der Waals surface area contributed by atoms with Crippen molar-refractivity contribution >= 4 is 21.7 Å². The topological polar surface area (TPSA) is 91.8 Å². The maximum atomic E-state index is 12.7. The van der Waals surface area contributed by atoms with E-state index in [-0.39, 0.29) is 23.0 Å². The molecule has 7 heteroatoms. The van der Waals surface area contributed by atoms with Gasteiger partial charge in [-0.15, -0.1) is 0 Å². The summed E-state index contributed by atoms with van der Waals surface area (Å²) in [5.41, 5.74) is -0.578. The van der Waals surface area contributed by atoms with Crippen LogP contribution in [-0.2, 0) is 25.8 Å². The molecule has 25 heavy (non-hydrogen) atoms. The van der Waals surface area contributed by atoms with E-state index in [1.165, 1.54) is 24.1 Å². The van der Waals surface area contributed by atoms with Gasteiger partial charge in [0, 0.05) is 7.05 Å².